The van der Waals surface area contributed by atoms with Crippen LogP contribution in [0.25, 0.3) is 11.0 Å². The molecule has 3 rings (SSSR count). The molecule has 24 heavy (non-hydrogen) atoms. The maximum atomic E-state index is 12.4. The van der Waals surface area contributed by atoms with Crippen molar-refractivity contribution in [3.8, 4) is 6.07 Å². The van der Waals surface area contributed by atoms with Crippen LogP contribution in [0.2, 0.25) is 0 Å². The molecule has 7 nitrogen and oxygen atoms in total. The molecular weight excluding hydrogens is 308 g/mol. The molecule has 0 bridgehead atoms. The highest BCUT2D eigenvalue weighted by Gasteiger charge is 2.11. The Bertz CT molecular complexity index is 1020. The minimum absolute atomic E-state index is 0.116. The van der Waals surface area contributed by atoms with Gasteiger partial charge in [0, 0.05) is 6.42 Å². The largest absolute Gasteiger partial charge is 0.463 e. The van der Waals surface area contributed by atoms with Crippen molar-refractivity contribution in [2.75, 3.05) is 5.43 Å². The van der Waals surface area contributed by atoms with Crippen molar-refractivity contribution < 1.29 is 8.83 Å². The minimum Gasteiger partial charge on any atom is -0.463 e. The number of hydrogen-bond acceptors (Lipinski definition) is 7. The summed E-state index contributed by atoms with van der Waals surface area (Å²) in [5.74, 6) is 0.580. The van der Waals surface area contributed by atoms with Crippen molar-refractivity contribution in [2.45, 2.75) is 20.3 Å². The molecular formula is C17H14N4O3. The van der Waals surface area contributed by atoms with Gasteiger partial charge in [0.1, 0.15) is 17.9 Å². The summed E-state index contributed by atoms with van der Waals surface area (Å²) in [5, 5.41) is 13.4. The third-order valence-electron chi connectivity index (χ3n) is 3.40. The van der Waals surface area contributed by atoms with E-state index in [2.05, 4.69) is 15.5 Å². The number of nitriles is 1. The predicted octanol–water partition coefficient (Wildman–Crippen LogP) is 2.97. The van der Waals surface area contributed by atoms with Gasteiger partial charge in [-0.2, -0.15) is 10.4 Å². The highest BCUT2D eigenvalue weighted by atomic mass is 16.4. The van der Waals surface area contributed by atoms with Gasteiger partial charge < -0.3 is 8.83 Å². The van der Waals surface area contributed by atoms with Crippen molar-refractivity contribution in [3.63, 3.8) is 0 Å². The normalized spacial score (nSPS) is 11.0. The van der Waals surface area contributed by atoms with E-state index in [1.807, 2.05) is 26.0 Å². The van der Waals surface area contributed by atoms with Crippen LogP contribution in [-0.4, -0.2) is 11.2 Å². The number of hydrazone groups is 1. The van der Waals surface area contributed by atoms with Crippen LogP contribution in [0.4, 0.5) is 5.88 Å². The lowest BCUT2D eigenvalue weighted by Gasteiger charge is -1.99. The number of aromatic nitrogens is 1. The van der Waals surface area contributed by atoms with Crippen molar-refractivity contribution in [1.29, 1.82) is 5.26 Å². The number of hydrogen-bond donors (Lipinski definition) is 1. The Morgan fingerprint density at radius 3 is 3.04 bits per heavy atom. The zero-order valence-electron chi connectivity index (χ0n) is 13.2. The number of oxazole rings is 1. The maximum absolute atomic E-state index is 12.4. The van der Waals surface area contributed by atoms with E-state index in [9.17, 15) is 4.79 Å². The first kappa shape index (κ1) is 15.5. The number of anilines is 1. The van der Waals surface area contributed by atoms with Gasteiger partial charge in [-0.25, -0.2) is 10.4 Å². The molecule has 120 valence electrons. The van der Waals surface area contributed by atoms with Crippen molar-refractivity contribution in [2.24, 2.45) is 5.10 Å². The summed E-state index contributed by atoms with van der Waals surface area (Å²) < 4.78 is 10.8. The fourth-order valence-corrected chi connectivity index (χ4v) is 2.18. The smallest absolute Gasteiger partial charge is 0.252 e. The SMILES string of the molecule is CCc1nc(C#N)c(NN=Cc2coc3ccc(C)cc3c2=O)o1. The van der Waals surface area contributed by atoms with Gasteiger partial charge in [-0.15, -0.1) is 0 Å². The predicted molar refractivity (Wildman–Crippen MR) is 89.0 cm³/mol. The molecule has 7 heteroatoms. The second-order valence-electron chi connectivity index (χ2n) is 5.14. The van der Waals surface area contributed by atoms with Gasteiger partial charge in [0.05, 0.1) is 17.2 Å². The van der Waals surface area contributed by atoms with Crippen molar-refractivity contribution in [3.05, 3.63) is 57.4 Å². The van der Waals surface area contributed by atoms with E-state index in [1.165, 1.54) is 12.5 Å². The lowest BCUT2D eigenvalue weighted by molar-refractivity contribution is 0.513. The van der Waals surface area contributed by atoms with Gasteiger partial charge in [-0.05, 0) is 19.1 Å². The molecule has 3 aromatic rings. The summed E-state index contributed by atoms with van der Waals surface area (Å²) in [7, 11) is 0. The Labute approximate surface area is 137 Å². The Morgan fingerprint density at radius 1 is 1.46 bits per heavy atom. The lowest BCUT2D eigenvalue weighted by atomic mass is 10.1. The van der Waals surface area contributed by atoms with Crippen LogP contribution in [0.3, 0.4) is 0 Å². The van der Waals surface area contributed by atoms with E-state index in [-0.39, 0.29) is 22.6 Å². The molecule has 1 aromatic carbocycles. The zero-order chi connectivity index (χ0) is 17.1. The summed E-state index contributed by atoms with van der Waals surface area (Å²) in [4.78, 5) is 16.4. The number of rotatable bonds is 4. The zero-order valence-corrected chi connectivity index (χ0v) is 13.2. The molecule has 0 aliphatic heterocycles. The number of nitrogens with one attached hydrogen (secondary N) is 1. The van der Waals surface area contributed by atoms with E-state index < -0.39 is 0 Å². The fourth-order valence-electron chi connectivity index (χ4n) is 2.18. The molecule has 0 unspecified atom stereocenters. The summed E-state index contributed by atoms with van der Waals surface area (Å²) >= 11 is 0. The molecule has 0 aliphatic carbocycles. The van der Waals surface area contributed by atoms with E-state index in [0.29, 0.717) is 23.3 Å². The van der Waals surface area contributed by atoms with Gasteiger partial charge in [0.15, 0.2) is 5.89 Å². The first-order valence-corrected chi connectivity index (χ1v) is 7.33. The third kappa shape index (κ3) is 2.90. The molecule has 2 aromatic heterocycles. The number of benzene rings is 1. The topological polar surface area (TPSA) is 104 Å². The molecule has 0 spiro atoms. The van der Waals surface area contributed by atoms with Crippen molar-refractivity contribution >= 4 is 23.1 Å². The second kappa shape index (κ2) is 6.38. The Kier molecular flexibility index (Phi) is 4.12. The first-order valence-electron chi connectivity index (χ1n) is 7.33. The Morgan fingerprint density at radius 2 is 2.29 bits per heavy atom. The summed E-state index contributed by atoms with van der Waals surface area (Å²) in [5.41, 5.74) is 4.30. The molecule has 0 amide bonds. The quantitative estimate of drug-likeness (QED) is 0.585. The second-order valence-corrected chi connectivity index (χ2v) is 5.14. The van der Waals surface area contributed by atoms with Crippen LogP contribution in [0.15, 0.2) is 43.2 Å². The van der Waals surface area contributed by atoms with E-state index in [1.54, 1.807) is 12.1 Å². The highest BCUT2D eigenvalue weighted by molar-refractivity contribution is 5.86. The lowest BCUT2D eigenvalue weighted by Crippen LogP contribution is -2.08. The van der Waals surface area contributed by atoms with Crippen LogP contribution >= 0.6 is 0 Å². The minimum atomic E-state index is -0.183. The molecule has 2 heterocycles. The maximum Gasteiger partial charge on any atom is 0.252 e. The number of nitrogens with zero attached hydrogens (tertiary/aromatic N) is 3. The van der Waals surface area contributed by atoms with Gasteiger partial charge in [-0.3, -0.25) is 4.79 Å². The van der Waals surface area contributed by atoms with Gasteiger partial charge >= 0.3 is 0 Å². The van der Waals surface area contributed by atoms with Gasteiger partial charge in [0.25, 0.3) is 5.88 Å². The Hall–Kier alpha value is -3.40. The fraction of sp³-hybridized carbons (Fsp3) is 0.176. The average molecular weight is 322 g/mol. The van der Waals surface area contributed by atoms with Crippen molar-refractivity contribution in [1.82, 2.24) is 4.98 Å². The number of fused-ring (bicyclic) bond motifs is 1. The molecule has 0 saturated heterocycles. The van der Waals surface area contributed by atoms with Crippen LogP contribution in [-0.2, 0) is 6.42 Å². The van der Waals surface area contributed by atoms with Crippen LogP contribution < -0.4 is 10.9 Å². The monoisotopic (exact) mass is 322 g/mol. The molecule has 0 aliphatic rings. The van der Waals surface area contributed by atoms with E-state index >= 15 is 0 Å². The van der Waals surface area contributed by atoms with Gasteiger partial charge in [0.2, 0.25) is 11.1 Å². The standard InChI is InChI=1S/C17H14N4O3/c1-3-15-20-13(7-18)17(24-15)21-19-8-11-9-23-14-5-4-10(2)6-12(14)16(11)22/h4-6,8-9,21H,3H2,1-2H3. The van der Waals surface area contributed by atoms with E-state index in [4.69, 9.17) is 14.1 Å². The van der Waals surface area contributed by atoms with Crippen LogP contribution in [0, 0.1) is 18.3 Å². The molecule has 0 atom stereocenters. The summed E-state index contributed by atoms with van der Waals surface area (Å²) in [6.07, 6.45) is 3.23. The van der Waals surface area contributed by atoms with Crippen LogP contribution in [0.1, 0.15) is 29.6 Å². The molecule has 0 fully saturated rings. The molecule has 0 radical (unpaired) electrons. The van der Waals surface area contributed by atoms with E-state index in [0.717, 1.165) is 5.56 Å². The third-order valence-corrected chi connectivity index (χ3v) is 3.40. The first-order chi connectivity index (χ1) is 11.6. The molecule has 0 saturated carbocycles. The Balaban J connectivity index is 1.89. The highest BCUT2D eigenvalue weighted by Crippen LogP contribution is 2.17. The van der Waals surface area contributed by atoms with Crippen LogP contribution in [0.5, 0.6) is 0 Å². The van der Waals surface area contributed by atoms with Gasteiger partial charge in [-0.1, -0.05) is 18.6 Å². The summed E-state index contributed by atoms with van der Waals surface area (Å²) in [6.45, 7) is 3.77. The average Bonchev–Trinajstić information content (AvgIpc) is 3.00. The summed E-state index contributed by atoms with van der Waals surface area (Å²) in [6, 6.07) is 7.32. The molecule has 1 N–H and O–H groups in total. The number of aryl methyl sites for hydroxylation is 2.